The molecule has 1 saturated carbocycles. The third kappa shape index (κ3) is 2.05. The molecule has 1 N–H and O–H groups in total. The lowest BCUT2D eigenvalue weighted by molar-refractivity contribution is 0.663. The summed E-state index contributed by atoms with van der Waals surface area (Å²) in [5.74, 6) is 0.854. The van der Waals surface area contributed by atoms with E-state index in [0.29, 0.717) is 11.1 Å². The van der Waals surface area contributed by atoms with Crippen LogP contribution in [0.4, 0.5) is 0 Å². The highest BCUT2D eigenvalue weighted by Gasteiger charge is 2.22. The minimum absolute atomic E-state index is 0.623. The van der Waals surface area contributed by atoms with Gasteiger partial charge in [0.05, 0.1) is 23.1 Å². The number of rotatable bonds is 4. The summed E-state index contributed by atoms with van der Waals surface area (Å²) < 4.78 is 3.86. The van der Waals surface area contributed by atoms with Gasteiger partial charge in [0.15, 0.2) is 10.8 Å². The molecule has 98 valence electrons. The summed E-state index contributed by atoms with van der Waals surface area (Å²) in [7, 11) is 0. The van der Waals surface area contributed by atoms with E-state index in [1.807, 2.05) is 11.6 Å². The molecule has 0 spiro atoms. The zero-order valence-corrected chi connectivity index (χ0v) is 11.7. The van der Waals surface area contributed by atoms with Gasteiger partial charge in [-0.25, -0.2) is 4.68 Å². The Morgan fingerprint density at radius 2 is 2.37 bits per heavy atom. The molecule has 0 aliphatic heterocycles. The second-order valence-corrected chi connectivity index (χ2v) is 6.01. The van der Waals surface area contributed by atoms with Crippen LogP contribution >= 0.6 is 22.9 Å². The van der Waals surface area contributed by atoms with Crippen LogP contribution in [0.15, 0.2) is 24.0 Å². The molecular formula is C12H12ClN5S. The summed E-state index contributed by atoms with van der Waals surface area (Å²) in [6, 6.07) is 0.665. The van der Waals surface area contributed by atoms with E-state index in [1.165, 1.54) is 12.8 Å². The van der Waals surface area contributed by atoms with Gasteiger partial charge in [-0.1, -0.05) is 11.6 Å². The molecule has 3 aromatic heterocycles. The van der Waals surface area contributed by atoms with E-state index in [9.17, 15) is 0 Å². The van der Waals surface area contributed by atoms with Gasteiger partial charge in [0.1, 0.15) is 0 Å². The maximum atomic E-state index is 5.94. The van der Waals surface area contributed by atoms with Crippen LogP contribution in [0.2, 0.25) is 5.02 Å². The molecule has 19 heavy (non-hydrogen) atoms. The van der Waals surface area contributed by atoms with Crippen molar-refractivity contribution in [2.75, 3.05) is 0 Å². The number of nitrogens with zero attached hydrogens (tertiary/aromatic N) is 4. The average molecular weight is 294 g/mol. The topological polar surface area (TPSA) is 47.2 Å². The predicted octanol–water partition coefficient (Wildman–Crippen LogP) is 2.49. The van der Waals surface area contributed by atoms with Crippen molar-refractivity contribution in [3.63, 3.8) is 0 Å². The van der Waals surface area contributed by atoms with E-state index < -0.39 is 0 Å². The Kier molecular flexibility index (Phi) is 2.61. The van der Waals surface area contributed by atoms with Crippen molar-refractivity contribution in [2.45, 2.75) is 25.4 Å². The van der Waals surface area contributed by atoms with Crippen molar-refractivity contribution in [1.82, 2.24) is 24.5 Å². The van der Waals surface area contributed by atoms with Gasteiger partial charge in [0.25, 0.3) is 0 Å². The first-order valence-corrected chi connectivity index (χ1v) is 7.45. The fourth-order valence-electron chi connectivity index (χ4n) is 2.11. The van der Waals surface area contributed by atoms with Gasteiger partial charge >= 0.3 is 0 Å². The molecule has 1 aliphatic carbocycles. The standard InChI is InChI=1S/C12H12ClN5S/c13-8-5-15-18(7-8)11-10(6-14-9-1-2-9)17-3-4-19-12(17)16-11/h3-5,7,9,14H,1-2,6H2. The maximum Gasteiger partial charge on any atom is 0.196 e. The normalized spacial score (nSPS) is 15.4. The number of aromatic nitrogens is 4. The SMILES string of the molecule is Clc1cnn(-c2nc3sccn3c2CNC2CC2)c1. The van der Waals surface area contributed by atoms with Gasteiger partial charge in [0.2, 0.25) is 0 Å². The molecule has 7 heteroatoms. The van der Waals surface area contributed by atoms with E-state index >= 15 is 0 Å². The fourth-order valence-corrected chi connectivity index (χ4v) is 2.98. The van der Waals surface area contributed by atoms with Gasteiger partial charge in [-0.05, 0) is 12.8 Å². The summed E-state index contributed by atoms with van der Waals surface area (Å²) >= 11 is 7.57. The molecule has 0 unspecified atom stereocenters. The van der Waals surface area contributed by atoms with Crippen molar-refractivity contribution in [1.29, 1.82) is 0 Å². The van der Waals surface area contributed by atoms with Crippen molar-refractivity contribution in [3.05, 3.63) is 34.7 Å². The second kappa shape index (κ2) is 4.33. The van der Waals surface area contributed by atoms with Crippen molar-refractivity contribution < 1.29 is 0 Å². The minimum Gasteiger partial charge on any atom is -0.308 e. The molecule has 1 aliphatic rings. The molecule has 5 nitrogen and oxygen atoms in total. The number of fused-ring (bicyclic) bond motifs is 1. The Hall–Kier alpha value is -1.37. The molecule has 0 bridgehead atoms. The number of thiazole rings is 1. The molecule has 0 atom stereocenters. The molecule has 1 fully saturated rings. The summed E-state index contributed by atoms with van der Waals surface area (Å²) in [6.45, 7) is 0.801. The first-order valence-electron chi connectivity index (χ1n) is 6.19. The van der Waals surface area contributed by atoms with Crippen LogP contribution in [0.3, 0.4) is 0 Å². The van der Waals surface area contributed by atoms with Crippen LogP contribution in [0.1, 0.15) is 18.5 Å². The fraction of sp³-hybridized carbons (Fsp3) is 0.333. The first-order chi connectivity index (χ1) is 9.31. The van der Waals surface area contributed by atoms with Gasteiger partial charge < -0.3 is 5.32 Å². The molecule has 4 rings (SSSR count). The Balaban J connectivity index is 1.78. The predicted molar refractivity (Wildman–Crippen MR) is 75.1 cm³/mol. The van der Waals surface area contributed by atoms with Crippen LogP contribution < -0.4 is 5.32 Å². The van der Waals surface area contributed by atoms with E-state index in [-0.39, 0.29) is 0 Å². The molecule has 0 saturated heterocycles. The van der Waals surface area contributed by atoms with Gasteiger partial charge in [-0.3, -0.25) is 4.40 Å². The number of hydrogen-bond acceptors (Lipinski definition) is 4. The van der Waals surface area contributed by atoms with Crippen LogP contribution in [0.25, 0.3) is 10.8 Å². The van der Waals surface area contributed by atoms with Crippen molar-refractivity contribution in [3.8, 4) is 5.82 Å². The maximum absolute atomic E-state index is 5.94. The number of imidazole rings is 1. The van der Waals surface area contributed by atoms with Crippen LogP contribution in [0, 0.1) is 0 Å². The van der Waals surface area contributed by atoms with E-state index in [0.717, 1.165) is 23.0 Å². The molecule has 0 aromatic carbocycles. The summed E-state index contributed by atoms with van der Waals surface area (Å²) in [5.41, 5.74) is 1.13. The quantitative estimate of drug-likeness (QED) is 0.804. The smallest absolute Gasteiger partial charge is 0.196 e. The molecule has 3 aromatic rings. The zero-order valence-electron chi connectivity index (χ0n) is 10.1. The number of nitrogens with one attached hydrogen (secondary N) is 1. The molecular weight excluding hydrogens is 282 g/mol. The van der Waals surface area contributed by atoms with E-state index in [2.05, 4.69) is 19.8 Å². The van der Waals surface area contributed by atoms with Gasteiger partial charge in [0, 0.05) is 24.2 Å². The number of halogens is 1. The second-order valence-electron chi connectivity index (χ2n) is 4.70. The lowest BCUT2D eigenvalue weighted by Crippen LogP contribution is -2.18. The van der Waals surface area contributed by atoms with Crippen LogP contribution in [-0.2, 0) is 6.54 Å². The Morgan fingerprint density at radius 3 is 3.11 bits per heavy atom. The van der Waals surface area contributed by atoms with Gasteiger partial charge in [-0.2, -0.15) is 10.1 Å². The summed E-state index contributed by atoms with van der Waals surface area (Å²) in [4.78, 5) is 5.62. The highest BCUT2D eigenvalue weighted by Crippen LogP contribution is 2.24. The highest BCUT2D eigenvalue weighted by atomic mass is 35.5. The minimum atomic E-state index is 0.623. The van der Waals surface area contributed by atoms with Crippen LogP contribution in [0.5, 0.6) is 0 Å². The zero-order chi connectivity index (χ0) is 12.8. The monoisotopic (exact) mass is 293 g/mol. The lowest BCUT2D eigenvalue weighted by atomic mass is 10.4. The Bertz CT molecular complexity index is 723. The Morgan fingerprint density at radius 1 is 1.47 bits per heavy atom. The first kappa shape index (κ1) is 11.5. The highest BCUT2D eigenvalue weighted by molar-refractivity contribution is 7.15. The van der Waals surface area contributed by atoms with Crippen LogP contribution in [-0.4, -0.2) is 25.2 Å². The van der Waals surface area contributed by atoms with Crippen molar-refractivity contribution in [2.24, 2.45) is 0 Å². The average Bonchev–Trinajstić information content (AvgIpc) is 2.81. The largest absolute Gasteiger partial charge is 0.308 e. The molecule has 3 heterocycles. The lowest BCUT2D eigenvalue weighted by Gasteiger charge is -2.05. The van der Waals surface area contributed by atoms with E-state index in [4.69, 9.17) is 11.6 Å². The third-order valence-electron chi connectivity index (χ3n) is 3.24. The van der Waals surface area contributed by atoms with Gasteiger partial charge in [-0.15, -0.1) is 11.3 Å². The third-order valence-corrected chi connectivity index (χ3v) is 4.20. The summed E-state index contributed by atoms with van der Waals surface area (Å²) in [6.07, 6.45) is 8.01. The summed E-state index contributed by atoms with van der Waals surface area (Å²) in [5, 5.41) is 10.4. The molecule has 0 amide bonds. The molecule has 0 radical (unpaired) electrons. The number of hydrogen-bond donors (Lipinski definition) is 1. The Labute approximate surface area is 118 Å². The van der Waals surface area contributed by atoms with Crippen molar-refractivity contribution >= 4 is 27.9 Å². The van der Waals surface area contributed by atoms with E-state index in [1.54, 1.807) is 28.4 Å².